The van der Waals surface area contributed by atoms with Gasteiger partial charge in [0.25, 0.3) is 0 Å². The molecule has 21 heavy (non-hydrogen) atoms. The monoisotopic (exact) mass is 289 g/mol. The molecule has 5 nitrogen and oxygen atoms in total. The lowest BCUT2D eigenvalue weighted by molar-refractivity contribution is 0.147. The summed E-state index contributed by atoms with van der Waals surface area (Å²) in [6.07, 6.45) is 4.70. The van der Waals surface area contributed by atoms with E-state index in [4.69, 9.17) is 9.47 Å². The van der Waals surface area contributed by atoms with Gasteiger partial charge in [0, 0.05) is 37.8 Å². The first kappa shape index (κ1) is 15.4. The highest BCUT2D eigenvalue weighted by atomic mass is 16.5. The minimum absolute atomic E-state index is 0.678. The van der Waals surface area contributed by atoms with Gasteiger partial charge in [0.1, 0.15) is 5.75 Å². The van der Waals surface area contributed by atoms with Crippen molar-refractivity contribution in [3.63, 3.8) is 0 Å². The van der Waals surface area contributed by atoms with Crippen LogP contribution in [0.3, 0.4) is 0 Å². The Morgan fingerprint density at radius 3 is 2.67 bits per heavy atom. The van der Waals surface area contributed by atoms with Gasteiger partial charge in [-0.1, -0.05) is 0 Å². The van der Waals surface area contributed by atoms with Gasteiger partial charge in [-0.15, -0.1) is 0 Å². The molecule has 0 saturated heterocycles. The Hall–Kier alpha value is -2.01. The predicted molar refractivity (Wildman–Crippen MR) is 84.3 cm³/mol. The summed E-state index contributed by atoms with van der Waals surface area (Å²) in [6, 6.07) is 7.99. The largest absolute Gasteiger partial charge is 0.494 e. The van der Waals surface area contributed by atoms with E-state index in [0.717, 1.165) is 43.6 Å². The maximum Gasteiger partial charge on any atom is 0.207 e. The number of hydrogen-bond acceptors (Lipinski definition) is 4. The molecule has 0 saturated carbocycles. The highest BCUT2D eigenvalue weighted by Gasteiger charge is 2.04. The Kier molecular flexibility index (Phi) is 6.09. The SMILES string of the molecule is CCOCCCNc1nccn1-c1ccc(OCC)cc1. The lowest BCUT2D eigenvalue weighted by atomic mass is 10.3. The van der Waals surface area contributed by atoms with Gasteiger partial charge in [0.2, 0.25) is 5.95 Å². The summed E-state index contributed by atoms with van der Waals surface area (Å²) in [5.74, 6) is 1.73. The average Bonchev–Trinajstić information content (AvgIpc) is 2.97. The molecule has 0 bridgehead atoms. The number of aromatic nitrogens is 2. The Bertz CT molecular complexity index is 523. The molecule has 0 unspecified atom stereocenters. The number of hydrogen-bond donors (Lipinski definition) is 1. The fourth-order valence-electron chi connectivity index (χ4n) is 2.03. The van der Waals surface area contributed by atoms with Crippen LogP contribution in [0.5, 0.6) is 5.75 Å². The Labute approximate surface area is 125 Å². The van der Waals surface area contributed by atoms with Crippen molar-refractivity contribution in [2.75, 3.05) is 31.7 Å². The molecule has 0 aliphatic rings. The summed E-state index contributed by atoms with van der Waals surface area (Å²) in [4.78, 5) is 4.35. The van der Waals surface area contributed by atoms with E-state index in [0.29, 0.717) is 6.61 Å². The first-order valence-electron chi connectivity index (χ1n) is 7.43. The molecule has 1 heterocycles. The molecule has 2 rings (SSSR count). The van der Waals surface area contributed by atoms with Crippen LogP contribution in [0.25, 0.3) is 5.69 Å². The van der Waals surface area contributed by atoms with Crippen molar-refractivity contribution in [1.29, 1.82) is 0 Å². The molecule has 5 heteroatoms. The molecule has 0 spiro atoms. The van der Waals surface area contributed by atoms with E-state index in [2.05, 4.69) is 10.3 Å². The quantitative estimate of drug-likeness (QED) is 0.721. The molecule has 0 radical (unpaired) electrons. The summed E-state index contributed by atoms with van der Waals surface area (Å²) >= 11 is 0. The number of anilines is 1. The molecular formula is C16H23N3O2. The molecular weight excluding hydrogens is 266 g/mol. The molecule has 1 N–H and O–H groups in total. The summed E-state index contributed by atoms with van der Waals surface area (Å²) in [6.45, 7) is 7.04. The molecule has 0 fully saturated rings. The Morgan fingerprint density at radius 2 is 1.95 bits per heavy atom. The fourth-order valence-corrected chi connectivity index (χ4v) is 2.03. The number of imidazole rings is 1. The zero-order valence-electron chi connectivity index (χ0n) is 12.7. The fraction of sp³-hybridized carbons (Fsp3) is 0.438. The maximum absolute atomic E-state index is 5.46. The van der Waals surface area contributed by atoms with Crippen LogP contribution >= 0.6 is 0 Å². The third-order valence-electron chi connectivity index (χ3n) is 3.02. The summed E-state index contributed by atoms with van der Waals surface area (Å²) < 4.78 is 12.8. The minimum Gasteiger partial charge on any atom is -0.494 e. The van der Waals surface area contributed by atoms with E-state index < -0.39 is 0 Å². The number of benzene rings is 1. The zero-order valence-corrected chi connectivity index (χ0v) is 12.7. The van der Waals surface area contributed by atoms with E-state index in [1.807, 2.05) is 48.9 Å². The van der Waals surface area contributed by atoms with Crippen molar-refractivity contribution in [3.05, 3.63) is 36.7 Å². The van der Waals surface area contributed by atoms with E-state index in [9.17, 15) is 0 Å². The van der Waals surface area contributed by atoms with Gasteiger partial charge in [-0.3, -0.25) is 4.57 Å². The van der Waals surface area contributed by atoms with Crippen LogP contribution in [0.4, 0.5) is 5.95 Å². The topological polar surface area (TPSA) is 48.3 Å². The third-order valence-corrected chi connectivity index (χ3v) is 3.02. The van der Waals surface area contributed by atoms with Crippen LogP contribution < -0.4 is 10.1 Å². The lowest BCUT2D eigenvalue weighted by Gasteiger charge is -2.10. The maximum atomic E-state index is 5.46. The smallest absolute Gasteiger partial charge is 0.207 e. The standard InChI is InChI=1S/C16H23N3O2/c1-3-20-13-5-10-17-16-18-11-12-19(16)14-6-8-15(9-7-14)21-4-2/h6-9,11-12H,3-5,10,13H2,1-2H3,(H,17,18). The van der Waals surface area contributed by atoms with E-state index in [1.165, 1.54) is 0 Å². The second-order valence-corrected chi connectivity index (χ2v) is 4.53. The molecule has 2 aromatic rings. The minimum atomic E-state index is 0.678. The van der Waals surface area contributed by atoms with Gasteiger partial charge < -0.3 is 14.8 Å². The zero-order chi connectivity index (χ0) is 14.9. The van der Waals surface area contributed by atoms with Crippen LogP contribution in [-0.4, -0.2) is 35.9 Å². The number of rotatable bonds is 9. The van der Waals surface area contributed by atoms with Gasteiger partial charge >= 0.3 is 0 Å². The van der Waals surface area contributed by atoms with E-state index >= 15 is 0 Å². The average molecular weight is 289 g/mol. The van der Waals surface area contributed by atoms with Gasteiger partial charge in [0.15, 0.2) is 0 Å². The van der Waals surface area contributed by atoms with Gasteiger partial charge in [-0.25, -0.2) is 4.98 Å². The number of nitrogens with zero attached hydrogens (tertiary/aromatic N) is 2. The van der Waals surface area contributed by atoms with Crippen LogP contribution in [0.1, 0.15) is 20.3 Å². The van der Waals surface area contributed by atoms with Crippen molar-refractivity contribution < 1.29 is 9.47 Å². The molecule has 114 valence electrons. The van der Waals surface area contributed by atoms with Gasteiger partial charge in [0.05, 0.1) is 6.61 Å². The predicted octanol–water partition coefficient (Wildman–Crippen LogP) is 3.11. The third kappa shape index (κ3) is 4.49. The lowest BCUT2D eigenvalue weighted by Crippen LogP contribution is -2.09. The van der Waals surface area contributed by atoms with E-state index in [1.54, 1.807) is 6.20 Å². The summed E-state index contributed by atoms with van der Waals surface area (Å²) in [7, 11) is 0. The first-order valence-corrected chi connectivity index (χ1v) is 7.43. The molecule has 0 amide bonds. The van der Waals surface area contributed by atoms with Crippen LogP contribution in [0, 0.1) is 0 Å². The number of nitrogens with one attached hydrogen (secondary N) is 1. The van der Waals surface area contributed by atoms with E-state index in [-0.39, 0.29) is 0 Å². The van der Waals surface area contributed by atoms with Crippen molar-refractivity contribution >= 4 is 5.95 Å². The Balaban J connectivity index is 1.95. The van der Waals surface area contributed by atoms with Crippen LogP contribution in [0.2, 0.25) is 0 Å². The molecule has 0 aliphatic heterocycles. The van der Waals surface area contributed by atoms with Crippen LogP contribution in [0.15, 0.2) is 36.7 Å². The second-order valence-electron chi connectivity index (χ2n) is 4.53. The van der Waals surface area contributed by atoms with Crippen molar-refractivity contribution in [2.24, 2.45) is 0 Å². The van der Waals surface area contributed by atoms with Crippen LogP contribution in [-0.2, 0) is 4.74 Å². The van der Waals surface area contributed by atoms with Crippen molar-refractivity contribution in [1.82, 2.24) is 9.55 Å². The summed E-state index contributed by atoms with van der Waals surface area (Å²) in [5, 5.41) is 3.33. The van der Waals surface area contributed by atoms with Gasteiger partial charge in [-0.05, 0) is 44.5 Å². The first-order chi connectivity index (χ1) is 10.3. The normalized spacial score (nSPS) is 10.6. The van der Waals surface area contributed by atoms with Crippen molar-refractivity contribution in [3.8, 4) is 11.4 Å². The van der Waals surface area contributed by atoms with Crippen molar-refractivity contribution in [2.45, 2.75) is 20.3 Å². The molecule has 1 aromatic carbocycles. The highest BCUT2D eigenvalue weighted by molar-refractivity contribution is 5.44. The molecule has 1 aromatic heterocycles. The highest BCUT2D eigenvalue weighted by Crippen LogP contribution is 2.18. The van der Waals surface area contributed by atoms with Gasteiger partial charge in [-0.2, -0.15) is 0 Å². The summed E-state index contributed by atoms with van der Waals surface area (Å²) in [5.41, 5.74) is 1.06. The molecule has 0 atom stereocenters. The number of ether oxygens (including phenoxy) is 2. The Morgan fingerprint density at radius 1 is 1.14 bits per heavy atom. The molecule has 0 aliphatic carbocycles. The second kappa shape index (κ2) is 8.32.